The molecule has 1 aliphatic rings. The average Bonchev–Trinajstić information content (AvgIpc) is 3.21. The molecule has 0 saturated carbocycles. The van der Waals surface area contributed by atoms with Crippen molar-refractivity contribution in [3.05, 3.63) is 94.5 Å². The highest BCUT2D eigenvalue weighted by molar-refractivity contribution is 6.02. The molecule has 0 bridgehead atoms. The fourth-order valence-corrected chi connectivity index (χ4v) is 6.65. The molecule has 4 rings (SSSR count). The first-order valence-corrected chi connectivity index (χ1v) is 22.1. The SMILES string of the molecule is CCCCOC(=O)CN(CCc1ccc(C(=O)OCCCC)cc1)C(=O)CC1CCCc2cc(OC(=O)c3ccc(N=C(NC(=O)OC(C)(C)C)NC(=O)OC(C)(C)C)cc3)ccc21. The standard InChI is InChI=1S/C49H64N4O11/c1-9-11-28-60-42(55)32-53(27-26-33-16-18-34(19-17-33)43(56)61-29-12-10-2)41(54)31-37-15-13-14-36-30-39(24-25-40(36)37)62-44(57)35-20-22-38(23-21-35)50-45(51-46(58)63-48(3,4)5)52-47(59)64-49(6,7)8/h16-25,30,37H,9-15,26-29,31-32H2,1-8H3,(H2,50,51,52,58,59). The number of nitrogens with zero attached hydrogens (tertiary/aromatic N) is 2. The number of benzene rings is 3. The summed E-state index contributed by atoms with van der Waals surface area (Å²) in [6.07, 6.45) is 4.66. The van der Waals surface area contributed by atoms with Gasteiger partial charge in [0.2, 0.25) is 11.9 Å². The van der Waals surface area contributed by atoms with Crippen molar-refractivity contribution < 1.29 is 52.5 Å². The van der Waals surface area contributed by atoms with Gasteiger partial charge in [0, 0.05) is 13.0 Å². The van der Waals surface area contributed by atoms with Crippen molar-refractivity contribution in [2.45, 2.75) is 130 Å². The first-order valence-electron chi connectivity index (χ1n) is 22.1. The van der Waals surface area contributed by atoms with Gasteiger partial charge in [-0.1, -0.05) is 44.9 Å². The van der Waals surface area contributed by atoms with Crippen LogP contribution in [0, 0.1) is 0 Å². The van der Waals surface area contributed by atoms with Gasteiger partial charge in [0.15, 0.2) is 0 Å². The predicted molar refractivity (Wildman–Crippen MR) is 242 cm³/mol. The van der Waals surface area contributed by atoms with Gasteiger partial charge in [-0.05, 0) is 151 Å². The van der Waals surface area contributed by atoms with Gasteiger partial charge in [0.05, 0.1) is 30.0 Å². The molecule has 1 unspecified atom stereocenters. The van der Waals surface area contributed by atoms with E-state index in [1.165, 1.54) is 24.3 Å². The molecule has 15 heteroatoms. The molecule has 2 N–H and O–H groups in total. The third-order valence-electron chi connectivity index (χ3n) is 9.79. The zero-order chi connectivity index (χ0) is 46.9. The van der Waals surface area contributed by atoms with E-state index in [4.69, 9.17) is 23.7 Å². The highest BCUT2D eigenvalue weighted by Crippen LogP contribution is 2.36. The fourth-order valence-electron chi connectivity index (χ4n) is 6.65. The van der Waals surface area contributed by atoms with Crippen LogP contribution in [0.4, 0.5) is 15.3 Å². The zero-order valence-electron chi connectivity index (χ0n) is 38.5. The lowest BCUT2D eigenvalue weighted by Crippen LogP contribution is -2.47. The Kier molecular flexibility index (Phi) is 18.9. The Morgan fingerprint density at radius 3 is 1.91 bits per heavy atom. The van der Waals surface area contributed by atoms with Gasteiger partial charge in [0.1, 0.15) is 23.5 Å². The maximum absolute atomic E-state index is 14.0. The number of carbonyl (C=O) groups excluding carboxylic acids is 6. The maximum atomic E-state index is 14.0. The largest absolute Gasteiger partial charge is 0.464 e. The summed E-state index contributed by atoms with van der Waals surface area (Å²) in [5.74, 6) is -1.61. The predicted octanol–water partition coefficient (Wildman–Crippen LogP) is 9.12. The van der Waals surface area contributed by atoms with Crippen LogP contribution in [-0.4, -0.2) is 84.4 Å². The minimum absolute atomic E-state index is 0.106. The number of alkyl carbamates (subject to hydrolysis) is 2. The Hall–Kier alpha value is -6.25. The first kappa shape index (κ1) is 50.4. The van der Waals surface area contributed by atoms with E-state index in [1.54, 1.807) is 64.6 Å². The van der Waals surface area contributed by atoms with E-state index in [2.05, 4.69) is 15.6 Å². The van der Waals surface area contributed by atoms with E-state index in [1.807, 2.05) is 38.1 Å². The molecule has 0 saturated heterocycles. The second-order valence-electron chi connectivity index (χ2n) is 17.6. The number of ether oxygens (including phenoxy) is 5. The molecule has 0 heterocycles. The van der Waals surface area contributed by atoms with Crippen molar-refractivity contribution in [1.29, 1.82) is 0 Å². The number of rotatable bonds is 17. The summed E-state index contributed by atoms with van der Waals surface area (Å²) in [6.45, 7) is 15.0. The molecule has 3 amide bonds. The Bertz CT molecular complexity index is 2070. The van der Waals surface area contributed by atoms with Crippen LogP contribution in [0.5, 0.6) is 5.75 Å². The highest BCUT2D eigenvalue weighted by Gasteiger charge is 2.28. The molecular formula is C49H64N4O11. The Morgan fingerprint density at radius 2 is 1.31 bits per heavy atom. The smallest absolute Gasteiger partial charge is 0.414 e. The molecule has 0 fully saturated rings. The number of hydrogen-bond acceptors (Lipinski definition) is 12. The van der Waals surface area contributed by atoms with Crippen LogP contribution >= 0.6 is 0 Å². The lowest BCUT2D eigenvalue weighted by atomic mass is 9.80. The third kappa shape index (κ3) is 17.5. The molecule has 0 spiro atoms. The molecule has 3 aromatic carbocycles. The van der Waals surface area contributed by atoms with Crippen LogP contribution in [0.1, 0.15) is 144 Å². The summed E-state index contributed by atoms with van der Waals surface area (Å²) in [5, 5.41) is 4.85. The number of carbonyl (C=O) groups is 6. The number of hydrogen-bond donors (Lipinski definition) is 2. The topological polar surface area (TPSA) is 188 Å². The molecule has 3 aromatic rings. The number of nitrogens with one attached hydrogen (secondary N) is 2. The molecule has 1 atom stereocenters. The van der Waals surface area contributed by atoms with E-state index in [-0.39, 0.29) is 48.8 Å². The highest BCUT2D eigenvalue weighted by atomic mass is 16.6. The summed E-state index contributed by atoms with van der Waals surface area (Å²) in [7, 11) is 0. The van der Waals surface area contributed by atoms with Gasteiger partial charge >= 0.3 is 30.1 Å². The van der Waals surface area contributed by atoms with Crippen LogP contribution in [0.15, 0.2) is 71.7 Å². The number of fused-ring (bicyclic) bond motifs is 1. The van der Waals surface area contributed by atoms with Gasteiger partial charge in [-0.15, -0.1) is 0 Å². The second-order valence-corrected chi connectivity index (χ2v) is 17.6. The number of amides is 3. The van der Waals surface area contributed by atoms with Crippen LogP contribution in [0.25, 0.3) is 0 Å². The Balaban J connectivity index is 1.42. The normalized spacial score (nSPS) is 13.3. The molecule has 0 aliphatic heterocycles. The average molecular weight is 885 g/mol. The van der Waals surface area contributed by atoms with Gasteiger partial charge in [-0.3, -0.25) is 20.2 Å². The summed E-state index contributed by atoms with van der Waals surface area (Å²) >= 11 is 0. The Labute approximate surface area is 376 Å². The first-order chi connectivity index (χ1) is 30.3. The van der Waals surface area contributed by atoms with Crippen molar-refractivity contribution in [2.75, 3.05) is 26.3 Å². The van der Waals surface area contributed by atoms with E-state index in [0.29, 0.717) is 36.6 Å². The molecular weight excluding hydrogens is 821 g/mol. The lowest BCUT2D eigenvalue weighted by molar-refractivity contribution is -0.149. The van der Waals surface area contributed by atoms with E-state index >= 15 is 0 Å². The van der Waals surface area contributed by atoms with E-state index < -0.39 is 35.3 Å². The Morgan fingerprint density at radius 1 is 0.734 bits per heavy atom. The van der Waals surface area contributed by atoms with Gasteiger partial charge in [0.25, 0.3) is 0 Å². The minimum atomic E-state index is -0.842. The van der Waals surface area contributed by atoms with Crippen molar-refractivity contribution in [3.63, 3.8) is 0 Å². The third-order valence-corrected chi connectivity index (χ3v) is 9.79. The number of esters is 3. The summed E-state index contributed by atoms with van der Waals surface area (Å²) < 4.78 is 27.1. The lowest BCUT2D eigenvalue weighted by Gasteiger charge is -2.28. The molecule has 0 radical (unpaired) electrons. The molecule has 1 aliphatic carbocycles. The zero-order valence-corrected chi connectivity index (χ0v) is 38.5. The quantitative estimate of drug-likeness (QED) is 0.0329. The minimum Gasteiger partial charge on any atom is -0.464 e. The van der Waals surface area contributed by atoms with Crippen LogP contribution in [-0.2, 0) is 41.4 Å². The van der Waals surface area contributed by atoms with Crippen LogP contribution < -0.4 is 15.4 Å². The molecule has 346 valence electrons. The number of unbranched alkanes of at least 4 members (excludes halogenated alkanes) is 2. The van der Waals surface area contributed by atoms with Crippen molar-refractivity contribution in [1.82, 2.24) is 15.5 Å². The monoisotopic (exact) mass is 884 g/mol. The fraction of sp³-hybridized carbons (Fsp3) is 0.490. The van der Waals surface area contributed by atoms with E-state index in [0.717, 1.165) is 61.6 Å². The van der Waals surface area contributed by atoms with Gasteiger partial charge in [-0.25, -0.2) is 24.2 Å². The summed E-state index contributed by atoms with van der Waals surface area (Å²) in [4.78, 5) is 83.3. The molecule has 0 aromatic heterocycles. The van der Waals surface area contributed by atoms with Crippen molar-refractivity contribution in [2.24, 2.45) is 4.99 Å². The summed E-state index contributed by atoms with van der Waals surface area (Å²) in [6, 6.07) is 18.6. The number of aryl methyl sites for hydroxylation is 1. The molecule has 64 heavy (non-hydrogen) atoms. The van der Waals surface area contributed by atoms with Gasteiger partial charge in [-0.2, -0.15) is 0 Å². The number of aliphatic imine (C=N–C) groups is 1. The van der Waals surface area contributed by atoms with Crippen molar-refractivity contribution >= 4 is 47.6 Å². The number of guanidine groups is 1. The van der Waals surface area contributed by atoms with Crippen LogP contribution in [0.3, 0.4) is 0 Å². The second kappa shape index (κ2) is 24.0. The molecule has 15 nitrogen and oxygen atoms in total. The van der Waals surface area contributed by atoms with Gasteiger partial charge < -0.3 is 28.6 Å². The van der Waals surface area contributed by atoms with Crippen molar-refractivity contribution in [3.8, 4) is 5.75 Å². The van der Waals surface area contributed by atoms with E-state index in [9.17, 15) is 28.8 Å². The maximum Gasteiger partial charge on any atom is 0.414 e. The van der Waals surface area contributed by atoms with Crippen LogP contribution in [0.2, 0.25) is 0 Å². The summed E-state index contributed by atoms with van der Waals surface area (Å²) in [5.41, 5.74) is 2.25.